The van der Waals surface area contributed by atoms with Crippen molar-refractivity contribution in [2.45, 2.75) is 19.0 Å². The molecule has 1 atom stereocenters. The normalized spacial score (nSPS) is 12.8. The number of halogens is 2. The minimum Gasteiger partial charge on any atom is -0.324 e. The van der Waals surface area contributed by atoms with Crippen LogP contribution in [-0.2, 0) is 6.54 Å². The summed E-state index contributed by atoms with van der Waals surface area (Å²) in [5.74, 6) is -1.68. The minimum absolute atomic E-state index is 0.244. The predicted molar refractivity (Wildman–Crippen MR) is 78.6 cm³/mol. The maximum absolute atomic E-state index is 13.6. The van der Waals surface area contributed by atoms with Gasteiger partial charge in [0.2, 0.25) is 0 Å². The molecule has 0 saturated carbocycles. The average molecular weight is 296 g/mol. The van der Waals surface area contributed by atoms with Crippen LogP contribution in [-0.4, -0.2) is 18.5 Å². The Bertz CT molecular complexity index is 543. The molecule has 2 nitrogen and oxygen atoms in total. The molecule has 5 heteroatoms. The third-order valence-electron chi connectivity index (χ3n) is 3.24. The second-order valence-electron chi connectivity index (χ2n) is 4.91. The Morgan fingerprint density at radius 2 is 2.10 bits per heavy atom. The van der Waals surface area contributed by atoms with E-state index in [0.29, 0.717) is 6.42 Å². The van der Waals surface area contributed by atoms with Crippen molar-refractivity contribution >= 4 is 11.3 Å². The Morgan fingerprint density at radius 3 is 2.80 bits per heavy atom. The fourth-order valence-corrected chi connectivity index (χ4v) is 2.75. The van der Waals surface area contributed by atoms with Crippen molar-refractivity contribution in [3.05, 3.63) is 57.8 Å². The fourth-order valence-electron chi connectivity index (χ4n) is 2.10. The van der Waals surface area contributed by atoms with Gasteiger partial charge in [0.15, 0.2) is 11.6 Å². The summed E-state index contributed by atoms with van der Waals surface area (Å²) in [6, 6.07) is 5.72. The molecule has 0 saturated heterocycles. The molecule has 1 aromatic carbocycles. The van der Waals surface area contributed by atoms with Gasteiger partial charge in [-0.3, -0.25) is 0 Å². The van der Waals surface area contributed by atoms with Crippen LogP contribution in [0.1, 0.15) is 23.6 Å². The molecule has 1 aromatic heterocycles. The van der Waals surface area contributed by atoms with E-state index in [1.165, 1.54) is 11.6 Å². The Hall–Kier alpha value is -1.30. The molecule has 108 valence electrons. The van der Waals surface area contributed by atoms with Gasteiger partial charge >= 0.3 is 0 Å². The van der Waals surface area contributed by atoms with Crippen molar-refractivity contribution < 1.29 is 8.78 Å². The quantitative estimate of drug-likeness (QED) is 0.883. The molecule has 0 fully saturated rings. The zero-order chi connectivity index (χ0) is 14.5. The summed E-state index contributed by atoms with van der Waals surface area (Å²) in [4.78, 5) is 2.12. The molecule has 0 radical (unpaired) electrons. The van der Waals surface area contributed by atoms with E-state index < -0.39 is 17.7 Å². The van der Waals surface area contributed by atoms with Crippen molar-refractivity contribution in [2.24, 2.45) is 5.73 Å². The maximum atomic E-state index is 13.6. The lowest BCUT2D eigenvalue weighted by molar-refractivity contribution is 0.310. The summed E-state index contributed by atoms with van der Waals surface area (Å²) in [6.45, 7) is 1.56. The largest absolute Gasteiger partial charge is 0.324 e. The van der Waals surface area contributed by atoms with Crippen molar-refractivity contribution in [2.75, 3.05) is 13.6 Å². The maximum Gasteiger partial charge on any atom is 0.163 e. The highest BCUT2D eigenvalue weighted by Crippen LogP contribution is 2.20. The standard InChI is InChI=1S/C15H18F2N2S/c1-19(9-11-6-8-20-10-11)7-5-14(18)12-3-2-4-13(16)15(12)17/h2-4,6,8,10,14H,5,7,9,18H2,1H3. The van der Waals surface area contributed by atoms with E-state index in [-0.39, 0.29) is 5.56 Å². The van der Waals surface area contributed by atoms with Crippen LogP contribution in [0.25, 0.3) is 0 Å². The molecule has 20 heavy (non-hydrogen) atoms. The monoisotopic (exact) mass is 296 g/mol. The van der Waals surface area contributed by atoms with Gasteiger partial charge in [-0.15, -0.1) is 0 Å². The number of rotatable bonds is 6. The van der Waals surface area contributed by atoms with E-state index in [4.69, 9.17) is 5.73 Å². The third-order valence-corrected chi connectivity index (χ3v) is 3.97. The van der Waals surface area contributed by atoms with Crippen LogP contribution in [0.2, 0.25) is 0 Å². The van der Waals surface area contributed by atoms with Gasteiger partial charge in [0, 0.05) is 18.2 Å². The van der Waals surface area contributed by atoms with Crippen molar-refractivity contribution in [1.82, 2.24) is 4.90 Å². The van der Waals surface area contributed by atoms with E-state index in [9.17, 15) is 8.78 Å². The van der Waals surface area contributed by atoms with E-state index in [0.717, 1.165) is 19.2 Å². The lowest BCUT2D eigenvalue weighted by atomic mass is 10.0. The molecule has 2 aromatic rings. The molecule has 0 aliphatic carbocycles. The van der Waals surface area contributed by atoms with Gasteiger partial charge in [-0.1, -0.05) is 12.1 Å². The van der Waals surface area contributed by atoms with Crippen LogP contribution in [0.15, 0.2) is 35.0 Å². The summed E-state index contributed by atoms with van der Waals surface area (Å²) in [5, 5.41) is 4.14. The zero-order valence-electron chi connectivity index (χ0n) is 11.4. The molecule has 1 heterocycles. The first-order valence-corrected chi connectivity index (χ1v) is 7.41. The number of hydrogen-bond acceptors (Lipinski definition) is 3. The SMILES string of the molecule is CN(CCC(N)c1cccc(F)c1F)Cc1ccsc1. The molecule has 2 N–H and O–H groups in total. The third kappa shape index (κ3) is 3.85. The molecule has 0 aliphatic rings. The van der Waals surface area contributed by atoms with Crippen molar-refractivity contribution in [1.29, 1.82) is 0 Å². The number of hydrogen-bond donors (Lipinski definition) is 1. The number of nitrogens with zero attached hydrogens (tertiary/aromatic N) is 1. The van der Waals surface area contributed by atoms with Crippen LogP contribution in [0.5, 0.6) is 0 Å². The summed E-state index contributed by atoms with van der Waals surface area (Å²) in [7, 11) is 1.99. The van der Waals surface area contributed by atoms with Crippen molar-refractivity contribution in [3.63, 3.8) is 0 Å². The molecular formula is C15H18F2N2S. The van der Waals surface area contributed by atoms with Gasteiger partial charge in [-0.2, -0.15) is 11.3 Å². The van der Waals surface area contributed by atoms with Crippen LogP contribution >= 0.6 is 11.3 Å². The van der Waals surface area contributed by atoms with E-state index >= 15 is 0 Å². The zero-order valence-corrected chi connectivity index (χ0v) is 12.2. The Labute approximate surface area is 121 Å². The van der Waals surface area contributed by atoms with Gasteiger partial charge < -0.3 is 10.6 Å². The lowest BCUT2D eigenvalue weighted by Crippen LogP contribution is -2.24. The second kappa shape index (κ2) is 6.92. The van der Waals surface area contributed by atoms with Crippen LogP contribution in [0.4, 0.5) is 8.78 Å². The Morgan fingerprint density at radius 1 is 1.30 bits per heavy atom. The Kier molecular flexibility index (Phi) is 5.23. The minimum atomic E-state index is -0.843. The summed E-state index contributed by atoms with van der Waals surface area (Å²) in [6.07, 6.45) is 0.584. The smallest absolute Gasteiger partial charge is 0.163 e. The summed E-state index contributed by atoms with van der Waals surface area (Å²) >= 11 is 1.66. The molecule has 0 amide bonds. The molecule has 1 unspecified atom stereocenters. The highest BCUT2D eigenvalue weighted by atomic mass is 32.1. The summed E-state index contributed by atoms with van der Waals surface area (Å²) in [5.41, 5.74) is 7.45. The molecule has 0 aliphatic heterocycles. The molecule has 0 spiro atoms. The fraction of sp³-hybridized carbons (Fsp3) is 0.333. The lowest BCUT2D eigenvalue weighted by Gasteiger charge is -2.19. The summed E-state index contributed by atoms with van der Waals surface area (Å²) < 4.78 is 26.8. The number of benzene rings is 1. The first-order valence-electron chi connectivity index (χ1n) is 6.47. The van der Waals surface area contributed by atoms with Gasteiger partial charge in [0.05, 0.1) is 0 Å². The van der Waals surface area contributed by atoms with Gasteiger partial charge in [0.25, 0.3) is 0 Å². The first kappa shape index (κ1) is 15.1. The number of thiophene rings is 1. The van der Waals surface area contributed by atoms with Gasteiger partial charge in [0.1, 0.15) is 0 Å². The van der Waals surface area contributed by atoms with Crippen LogP contribution < -0.4 is 5.73 Å². The predicted octanol–water partition coefficient (Wildman–Crippen LogP) is 3.55. The van der Waals surface area contributed by atoms with Crippen molar-refractivity contribution in [3.8, 4) is 0 Å². The second-order valence-corrected chi connectivity index (χ2v) is 5.69. The first-order chi connectivity index (χ1) is 9.58. The number of nitrogens with two attached hydrogens (primary N) is 1. The van der Waals surface area contributed by atoms with Gasteiger partial charge in [-0.05, 0) is 48.5 Å². The van der Waals surface area contributed by atoms with Gasteiger partial charge in [-0.25, -0.2) is 8.78 Å². The van der Waals surface area contributed by atoms with E-state index in [2.05, 4.69) is 16.3 Å². The van der Waals surface area contributed by atoms with E-state index in [1.54, 1.807) is 17.4 Å². The Balaban J connectivity index is 1.88. The highest BCUT2D eigenvalue weighted by molar-refractivity contribution is 7.07. The topological polar surface area (TPSA) is 29.3 Å². The van der Waals surface area contributed by atoms with E-state index in [1.807, 2.05) is 12.4 Å². The van der Waals surface area contributed by atoms with Crippen LogP contribution in [0.3, 0.4) is 0 Å². The molecule has 0 bridgehead atoms. The molecular weight excluding hydrogens is 278 g/mol. The average Bonchev–Trinajstić information content (AvgIpc) is 2.92. The highest BCUT2D eigenvalue weighted by Gasteiger charge is 2.15. The molecule has 2 rings (SSSR count). The van der Waals surface area contributed by atoms with Crippen LogP contribution in [0, 0.1) is 11.6 Å².